The summed E-state index contributed by atoms with van der Waals surface area (Å²) in [5, 5.41) is 0. The third-order valence-corrected chi connectivity index (χ3v) is 1.50. The average molecular weight is 160 g/mol. The zero-order valence-electron chi connectivity index (χ0n) is 7.93. The van der Waals surface area contributed by atoms with Gasteiger partial charge in [0, 0.05) is 13.2 Å². The second-order valence-corrected chi connectivity index (χ2v) is 2.48. The molecule has 0 bridgehead atoms. The molecule has 68 valence electrons. The second kappa shape index (κ2) is 8.02. The predicted octanol–water partition coefficient (Wildman–Crippen LogP) is 2.58. The highest BCUT2D eigenvalue weighted by atomic mass is 16.7. The van der Waals surface area contributed by atoms with Crippen LogP contribution in [0.1, 0.15) is 40.0 Å². The van der Waals surface area contributed by atoms with Gasteiger partial charge in [0.2, 0.25) is 0 Å². The van der Waals surface area contributed by atoms with E-state index in [2.05, 4.69) is 6.92 Å². The molecule has 0 saturated carbocycles. The van der Waals surface area contributed by atoms with E-state index in [4.69, 9.17) is 9.47 Å². The van der Waals surface area contributed by atoms with E-state index in [-0.39, 0.29) is 6.29 Å². The third-order valence-electron chi connectivity index (χ3n) is 1.50. The minimum atomic E-state index is 0.0324. The molecule has 0 aliphatic carbocycles. The molecule has 0 amide bonds. The lowest BCUT2D eigenvalue weighted by Gasteiger charge is -2.15. The van der Waals surface area contributed by atoms with Gasteiger partial charge in [-0.25, -0.2) is 0 Å². The van der Waals surface area contributed by atoms with Crippen LogP contribution in [0.15, 0.2) is 0 Å². The van der Waals surface area contributed by atoms with E-state index >= 15 is 0 Å². The van der Waals surface area contributed by atoms with Gasteiger partial charge in [0.05, 0.1) is 0 Å². The van der Waals surface area contributed by atoms with Crippen LogP contribution >= 0.6 is 0 Å². The first-order valence-corrected chi connectivity index (χ1v) is 4.58. The fraction of sp³-hybridized carbons (Fsp3) is 1.00. The number of hydrogen-bond donors (Lipinski definition) is 0. The van der Waals surface area contributed by atoms with Crippen molar-refractivity contribution in [1.82, 2.24) is 0 Å². The molecule has 0 N–H and O–H groups in total. The molecule has 0 atom stereocenters. The second-order valence-electron chi connectivity index (χ2n) is 2.48. The van der Waals surface area contributed by atoms with Crippen molar-refractivity contribution in [2.75, 3.05) is 13.2 Å². The highest BCUT2D eigenvalue weighted by Gasteiger charge is 2.05. The normalized spacial score (nSPS) is 10.9. The van der Waals surface area contributed by atoms with E-state index in [1.54, 1.807) is 0 Å². The quantitative estimate of drug-likeness (QED) is 0.533. The van der Waals surface area contributed by atoms with E-state index < -0.39 is 0 Å². The Hall–Kier alpha value is -0.0800. The first kappa shape index (κ1) is 10.9. The van der Waals surface area contributed by atoms with Crippen molar-refractivity contribution in [3.63, 3.8) is 0 Å². The highest BCUT2D eigenvalue weighted by Crippen LogP contribution is 2.05. The number of rotatable bonds is 7. The zero-order valence-corrected chi connectivity index (χ0v) is 7.93. The van der Waals surface area contributed by atoms with Crippen LogP contribution in [0.25, 0.3) is 0 Å². The summed E-state index contributed by atoms with van der Waals surface area (Å²) in [5.41, 5.74) is 0. The summed E-state index contributed by atoms with van der Waals surface area (Å²) in [6.45, 7) is 7.66. The molecule has 0 heterocycles. The molecular weight excluding hydrogens is 140 g/mol. The molecule has 0 aromatic rings. The molecular formula is C9H20O2. The minimum Gasteiger partial charge on any atom is -0.353 e. The lowest BCUT2D eigenvalue weighted by molar-refractivity contribution is -0.140. The van der Waals surface area contributed by atoms with Gasteiger partial charge in [-0.2, -0.15) is 0 Å². The molecule has 2 nitrogen and oxygen atoms in total. The SMILES string of the molecule is CCCCC(OCC)OCC. The summed E-state index contributed by atoms with van der Waals surface area (Å²) in [7, 11) is 0. The number of ether oxygens (including phenoxy) is 2. The lowest BCUT2D eigenvalue weighted by Crippen LogP contribution is -2.16. The highest BCUT2D eigenvalue weighted by molar-refractivity contribution is 4.44. The molecule has 0 aromatic heterocycles. The third kappa shape index (κ3) is 6.32. The van der Waals surface area contributed by atoms with Crippen molar-refractivity contribution in [2.24, 2.45) is 0 Å². The van der Waals surface area contributed by atoms with Gasteiger partial charge in [0.15, 0.2) is 6.29 Å². The van der Waals surface area contributed by atoms with Crippen molar-refractivity contribution in [2.45, 2.75) is 46.3 Å². The van der Waals surface area contributed by atoms with Crippen molar-refractivity contribution >= 4 is 0 Å². The largest absolute Gasteiger partial charge is 0.353 e. The molecule has 0 spiro atoms. The van der Waals surface area contributed by atoms with Gasteiger partial charge in [-0.05, 0) is 26.7 Å². The summed E-state index contributed by atoms with van der Waals surface area (Å²) in [6.07, 6.45) is 3.45. The Bertz CT molecular complexity index is 68.0. The average Bonchev–Trinajstić information content (AvgIpc) is 2.01. The number of hydrogen-bond acceptors (Lipinski definition) is 2. The molecule has 11 heavy (non-hydrogen) atoms. The Labute approximate surface area is 69.9 Å². The Morgan fingerprint density at radius 3 is 1.91 bits per heavy atom. The maximum Gasteiger partial charge on any atom is 0.157 e. The summed E-state index contributed by atoms with van der Waals surface area (Å²) >= 11 is 0. The monoisotopic (exact) mass is 160 g/mol. The minimum absolute atomic E-state index is 0.0324. The van der Waals surface area contributed by atoms with Gasteiger partial charge in [-0.15, -0.1) is 0 Å². The molecule has 0 radical (unpaired) electrons. The smallest absolute Gasteiger partial charge is 0.157 e. The maximum atomic E-state index is 5.36. The maximum absolute atomic E-state index is 5.36. The Morgan fingerprint density at radius 2 is 1.55 bits per heavy atom. The van der Waals surface area contributed by atoms with E-state index in [0.29, 0.717) is 0 Å². The van der Waals surface area contributed by atoms with Crippen LogP contribution in [-0.4, -0.2) is 19.5 Å². The van der Waals surface area contributed by atoms with Crippen LogP contribution in [-0.2, 0) is 9.47 Å². The van der Waals surface area contributed by atoms with Gasteiger partial charge in [-0.3, -0.25) is 0 Å². The molecule has 0 saturated heterocycles. The van der Waals surface area contributed by atoms with Crippen LogP contribution in [0.4, 0.5) is 0 Å². The van der Waals surface area contributed by atoms with E-state index in [1.807, 2.05) is 13.8 Å². The standard InChI is InChI=1S/C9H20O2/c1-4-7-8-9(10-5-2)11-6-3/h9H,4-8H2,1-3H3. The first-order chi connectivity index (χ1) is 5.35. The van der Waals surface area contributed by atoms with Crippen LogP contribution in [0.5, 0.6) is 0 Å². The van der Waals surface area contributed by atoms with Gasteiger partial charge >= 0.3 is 0 Å². The molecule has 0 aromatic carbocycles. The van der Waals surface area contributed by atoms with Crippen LogP contribution in [0.3, 0.4) is 0 Å². The van der Waals surface area contributed by atoms with E-state index in [9.17, 15) is 0 Å². The molecule has 0 fully saturated rings. The first-order valence-electron chi connectivity index (χ1n) is 4.58. The molecule has 2 heteroatoms. The Balaban J connectivity index is 3.34. The fourth-order valence-electron chi connectivity index (χ4n) is 0.957. The van der Waals surface area contributed by atoms with Gasteiger partial charge < -0.3 is 9.47 Å². The lowest BCUT2D eigenvalue weighted by atomic mass is 10.2. The van der Waals surface area contributed by atoms with Crippen LogP contribution < -0.4 is 0 Å². The Morgan fingerprint density at radius 1 is 1.00 bits per heavy atom. The summed E-state index contributed by atoms with van der Waals surface area (Å²) in [5.74, 6) is 0. The summed E-state index contributed by atoms with van der Waals surface area (Å²) in [6, 6.07) is 0. The fourth-order valence-corrected chi connectivity index (χ4v) is 0.957. The van der Waals surface area contributed by atoms with E-state index in [1.165, 1.54) is 12.8 Å². The van der Waals surface area contributed by atoms with Crippen molar-refractivity contribution < 1.29 is 9.47 Å². The molecule has 0 rings (SSSR count). The summed E-state index contributed by atoms with van der Waals surface area (Å²) in [4.78, 5) is 0. The van der Waals surface area contributed by atoms with Gasteiger partial charge in [0.1, 0.15) is 0 Å². The molecule has 0 aliphatic rings. The predicted molar refractivity (Wildman–Crippen MR) is 46.6 cm³/mol. The van der Waals surface area contributed by atoms with E-state index in [0.717, 1.165) is 19.6 Å². The van der Waals surface area contributed by atoms with Crippen LogP contribution in [0, 0.1) is 0 Å². The summed E-state index contributed by atoms with van der Waals surface area (Å²) < 4.78 is 10.7. The van der Waals surface area contributed by atoms with Gasteiger partial charge in [-0.1, -0.05) is 13.3 Å². The van der Waals surface area contributed by atoms with Gasteiger partial charge in [0.25, 0.3) is 0 Å². The zero-order chi connectivity index (χ0) is 8.53. The molecule has 0 aliphatic heterocycles. The number of unbranched alkanes of at least 4 members (excludes halogenated alkanes) is 1. The van der Waals surface area contributed by atoms with Crippen molar-refractivity contribution in [3.05, 3.63) is 0 Å². The molecule has 0 unspecified atom stereocenters. The van der Waals surface area contributed by atoms with Crippen molar-refractivity contribution in [1.29, 1.82) is 0 Å². The van der Waals surface area contributed by atoms with Crippen molar-refractivity contribution in [3.8, 4) is 0 Å². The van der Waals surface area contributed by atoms with Crippen LogP contribution in [0.2, 0.25) is 0 Å². The topological polar surface area (TPSA) is 18.5 Å². The Kier molecular flexibility index (Phi) is 7.96.